The lowest BCUT2D eigenvalue weighted by atomic mass is 10.2. The van der Waals surface area contributed by atoms with Crippen LogP contribution in [-0.2, 0) is 6.42 Å². The number of nitrogens with zero attached hydrogens (tertiary/aromatic N) is 3. The molecule has 0 aliphatic rings. The standard InChI is InChI=1S/C13H12N4O2/c18-17(19)13-5-3-12(4-6-13)16-15-9-7-11-2-1-8-14-10-11/h1-6,8-10,16H,7H2/b15-9+. The fraction of sp³-hybridized carbons (Fsp3) is 0.0769. The fourth-order valence-corrected chi connectivity index (χ4v) is 1.45. The quantitative estimate of drug-likeness (QED) is 0.506. The first-order valence-electron chi connectivity index (χ1n) is 5.66. The van der Waals surface area contributed by atoms with E-state index in [0.717, 1.165) is 5.56 Å². The summed E-state index contributed by atoms with van der Waals surface area (Å²) in [6.07, 6.45) is 5.89. The number of hydrazone groups is 1. The van der Waals surface area contributed by atoms with E-state index in [-0.39, 0.29) is 5.69 Å². The van der Waals surface area contributed by atoms with Crippen molar-refractivity contribution in [3.63, 3.8) is 0 Å². The Morgan fingerprint density at radius 1 is 1.32 bits per heavy atom. The van der Waals surface area contributed by atoms with Gasteiger partial charge in [0.15, 0.2) is 0 Å². The zero-order chi connectivity index (χ0) is 13.5. The van der Waals surface area contributed by atoms with E-state index in [2.05, 4.69) is 15.5 Å². The maximum atomic E-state index is 10.5. The van der Waals surface area contributed by atoms with Crippen LogP contribution in [0.5, 0.6) is 0 Å². The third-order valence-electron chi connectivity index (χ3n) is 2.41. The largest absolute Gasteiger partial charge is 0.279 e. The molecular formula is C13H12N4O2. The number of nitro groups is 1. The van der Waals surface area contributed by atoms with Gasteiger partial charge in [0.1, 0.15) is 0 Å². The summed E-state index contributed by atoms with van der Waals surface area (Å²) in [7, 11) is 0. The summed E-state index contributed by atoms with van der Waals surface area (Å²) in [6.45, 7) is 0. The number of anilines is 1. The Bertz CT molecular complexity index is 567. The second kappa shape index (κ2) is 6.25. The van der Waals surface area contributed by atoms with Crippen LogP contribution in [0.4, 0.5) is 11.4 Å². The Morgan fingerprint density at radius 3 is 2.74 bits per heavy atom. The molecule has 0 bridgehead atoms. The van der Waals surface area contributed by atoms with E-state index in [1.54, 1.807) is 30.7 Å². The van der Waals surface area contributed by atoms with Gasteiger partial charge in [-0.1, -0.05) is 6.07 Å². The summed E-state index contributed by atoms with van der Waals surface area (Å²) < 4.78 is 0. The van der Waals surface area contributed by atoms with Gasteiger partial charge in [-0.25, -0.2) is 0 Å². The Hall–Kier alpha value is -2.76. The lowest BCUT2D eigenvalue weighted by Crippen LogP contribution is -1.93. The summed E-state index contributed by atoms with van der Waals surface area (Å²) in [4.78, 5) is 14.0. The molecule has 19 heavy (non-hydrogen) atoms. The third kappa shape index (κ3) is 3.88. The number of nitrogens with one attached hydrogen (secondary N) is 1. The number of benzene rings is 1. The van der Waals surface area contributed by atoms with Crippen molar-refractivity contribution in [2.24, 2.45) is 5.10 Å². The maximum Gasteiger partial charge on any atom is 0.269 e. The number of rotatable bonds is 5. The zero-order valence-electron chi connectivity index (χ0n) is 10.1. The van der Waals surface area contributed by atoms with Crippen molar-refractivity contribution in [3.05, 3.63) is 64.5 Å². The predicted molar refractivity (Wildman–Crippen MR) is 73.2 cm³/mol. The van der Waals surface area contributed by atoms with Crippen LogP contribution in [0.3, 0.4) is 0 Å². The van der Waals surface area contributed by atoms with E-state index in [1.807, 2.05) is 12.1 Å². The summed E-state index contributed by atoms with van der Waals surface area (Å²) in [5.74, 6) is 0. The number of hydrogen-bond acceptors (Lipinski definition) is 5. The molecule has 0 fully saturated rings. The van der Waals surface area contributed by atoms with Gasteiger partial charge in [0, 0.05) is 37.2 Å². The van der Waals surface area contributed by atoms with Gasteiger partial charge in [-0.2, -0.15) is 5.10 Å². The number of non-ortho nitro benzene ring substituents is 1. The summed E-state index contributed by atoms with van der Waals surface area (Å²) in [6, 6.07) is 9.91. The molecule has 0 aliphatic heterocycles. The van der Waals surface area contributed by atoms with Crippen LogP contribution in [0.1, 0.15) is 5.56 Å². The average molecular weight is 256 g/mol. The smallest absolute Gasteiger partial charge is 0.269 e. The van der Waals surface area contributed by atoms with Crippen molar-refractivity contribution in [2.45, 2.75) is 6.42 Å². The van der Waals surface area contributed by atoms with Gasteiger partial charge in [-0.05, 0) is 23.8 Å². The lowest BCUT2D eigenvalue weighted by molar-refractivity contribution is -0.384. The number of aromatic nitrogens is 1. The first-order valence-corrected chi connectivity index (χ1v) is 5.66. The maximum absolute atomic E-state index is 10.5. The summed E-state index contributed by atoms with van der Waals surface area (Å²) >= 11 is 0. The third-order valence-corrected chi connectivity index (χ3v) is 2.41. The van der Waals surface area contributed by atoms with E-state index in [4.69, 9.17) is 0 Å². The highest BCUT2D eigenvalue weighted by Crippen LogP contribution is 2.15. The average Bonchev–Trinajstić information content (AvgIpc) is 2.45. The molecule has 96 valence electrons. The Kier molecular flexibility index (Phi) is 4.17. The lowest BCUT2D eigenvalue weighted by Gasteiger charge is -1.99. The molecule has 0 aliphatic carbocycles. The molecule has 0 atom stereocenters. The van der Waals surface area contributed by atoms with Gasteiger partial charge < -0.3 is 0 Å². The molecule has 0 spiro atoms. The highest BCUT2D eigenvalue weighted by Gasteiger charge is 2.02. The monoisotopic (exact) mass is 256 g/mol. The van der Waals surface area contributed by atoms with E-state index >= 15 is 0 Å². The molecule has 2 aromatic rings. The summed E-state index contributed by atoms with van der Waals surface area (Å²) in [5.41, 5.74) is 4.64. The van der Waals surface area contributed by atoms with E-state index in [9.17, 15) is 10.1 Å². The fourth-order valence-electron chi connectivity index (χ4n) is 1.45. The van der Waals surface area contributed by atoms with Crippen molar-refractivity contribution in [1.29, 1.82) is 0 Å². The van der Waals surface area contributed by atoms with Crippen LogP contribution in [0.15, 0.2) is 53.9 Å². The Labute approximate surface area is 110 Å². The van der Waals surface area contributed by atoms with Crippen molar-refractivity contribution < 1.29 is 4.92 Å². The number of nitro benzene ring substituents is 1. The normalized spacial score (nSPS) is 10.5. The van der Waals surface area contributed by atoms with Gasteiger partial charge in [0.2, 0.25) is 0 Å². The molecule has 2 rings (SSSR count). The molecule has 1 aromatic carbocycles. The second-order valence-corrected chi connectivity index (χ2v) is 3.79. The molecular weight excluding hydrogens is 244 g/mol. The van der Waals surface area contributed by atoms with Crippen molar-refractivity contribution >= 4 is 17.6 Å². The van der Waals surface area contributed by atoms with Crippen molar-refractivity contribution in [2.75, 3.05) is 5.43 Å². The van der Waals surface area contributed by atoms with Gasteiger partial charge >= 0.3 is 0 Å². The highest BCUT2D eigenvalue weighted by atomic mass is 16.6. The van der Waals surface area contributed by atoms with Crippen LogP contribution >= 0.6 is 0 Å². The first-order chi connectivity index (χ1) is 9.25. The summed E-state index contributed by atoms with van der Waals surface area (Å²) in [5, 5.41) is 14.5. The van der Waals surface area contributed by atoms with E-state index in [1.165, 1.54) is 12.1 Å². The molecule has 0 saturated heterocycles. The molecule has 0 radical (unpaired) electrons. The zero-order valence-corrected chi connectivity index (χ0v) is 10.1. The van der Waals surface area contributed by atoms with Crippen LogP contribution in [0.25, 0.3) is 0 Å². The van der Waals surface area contributed by atoms with Crippen LogP contribution in [-0.4, -0.2) is 16.1 Å². The minimum atomic E-state index is -0.435. The van der Waals surface area contributed by atoms with Gasteiger partial charge in [0.05, 0.1) is 10.6 Å². The molecule has 6 heteroatoms. The Balaban J connectivity index is 1.86. The molecule has 6 nitrogen and oxygen atoms in total. The molecule has 1 N–H and O–H groups in total. The predicted octanol–water partition coefficient (Wildman–Crippen LogP) is 2.63. The van der Waals surface area contributed by atoms with E-state index in [0.29, 0.717) is 12.1 Å². The van der Waals surface area contributed by atoms with Crippen LogP contribution in [0.2, 0.25) is 0 Å². The van der Waals surface area contributed by atoms with Crippen LogP contribution in [0, 0.1) is 10.1 Å². The minimum absolute atomic E-state index is 0.0601. The molecule has 1 heterocycles. The molecule has 0 amide bonds. The SMILES string of the molecule is O=[N+]([O-])c1ccc(N/N=C/Cc2cccnc2)cc1. The topological polar surface area (TPSA) is 80.4 Å². The van der Waals surface area contributed by atoms with Gasteiger partial charge in [-0.3, -0.25) is 20.5 Å². The van der Waals surface area contributed by atoms with Gasteiger partial charge in [0.25, 0.3) is 5.69 Å². The van der Waals surface area contributed by atoms with Gasteiger partial charge in [-0.15, -0.1) is 0 Å². The number of pyridine rings is 1. The van der Waals surface area contributed by atoms with Crippen molar-refractivity contribution in [1.82, 2.24) is 4.98 Å². The molecule has 0 saturated carbocycles. The van der Waals surface area contributed by atoms with E-state index < -0.39 is 4.92 Å². The second-order valence-electron chi connectivity index (χ2n) is 3.79. The molecule has 1 aromatic heterocycles. The first kappa shape index (κ1) is 12.7. The number of hydrogen-bond donors (Lipinski definition) is 1. The van der Waals surface area contributed by atoms with Crippen LogP contribution < -0.4 is 5.43 Å². The Morgan fingerprint density at radius 2 is 2.11 bits per heavy atom. The molecule has 0 unspecified atom stereocenters. The minimum Gasteiger partial charge on any atom is -0.279 e. The highest BCUT2D eigenvalue weighted by molar-refractivity contribution is 5.63. The van der Waals surface area contributed by atoms with Crippen molar-refractivity contribution in [3.8, 4) is 0 Å².